The van der Waals surface area contributed by atoms with Crippen molar-refractivity contribution in [2.45, 2.75) is 26.2 Å². The summed E-state index contributed by atoms with van der Waals surface area (Å²) in [6, 6.07) is 4.42. The van der Waals surface area contributed by atoms with E-state index in [1.807, 2.05) is 0 Å². The van der Waals surface area contributed by atoms with Gasteiger partial charge in [-0.3, -0.25) is 0 Å². The van der Waals surface area contributed by atoms with Gasteiger partial charge in [-0.25, -0.2) is 9.59 Å². The number of anilines is 1. The fourth-order valence-corrected chi connectivity index (χ4v) is 1.66. The van der Waals surface area contributed by atoms with Gasteiger partial charge in [0.25, 0.3) is 0 Å². The first-order chi connectivity index (χ1) is 9.54. The largest absolute Gasteiger partial charge is 0.478 e. The number of urea groups is 1. The Kier molecular flexibility index (Phi) is 6.11. The molecule has 0 aliphatic carbocycles. The van der Waals surface area contributed by atoms with Gasteiger partial charge in [0.15, 0.2) is 0 Å². The highest BCUT2D eigenvalue weighted by molar-refractivity contribution is 6.00. The molecule has 0 heterocycles. The van der Waals surface area contributed by atoms with Crippen LogP contribution in [0.1, 0.15) is 35.2 Å². The maximum absolute atomic E-state index is 11.6. The van der Waals surface area contributed by atoms with Crippen molar-refractivity contribution in [2.24, 2.45) is 0 Å². The van der Waals surface area contributed by atoms with Gasteiger partial charge in [0, 0.05) is 13.0 Å². The fourth-order valence-electron chi connectivity index (χ4n) is 1.66. The first kappa shape index (κ1) is 15.6. The number of carbonyl (C=O) groups is 2. The van der Waals surface area contributed by atoms with E-state index in [0.717, 1.165) is 18.4 Å². The predicted octanol–water partition coefficient (Wildman–Crippen LogP) is 2.62. The zero-order valence-corrected chi connectivity index (χ0v) is 11.4. The molecule has 0 unspecified atom stereocenters. The van der Waals surface area contributed by atoms with Crippen LogP contribution in [0.15, 0.2) is 18.2 Å². The number of aryl methyl sites for hydroxylation is 1. The number of rotatable bonds is 6. The minimum Gasteiger partial charge on any atom is -0.478 e. The fraction of sp³-hybridized carbons (Fsp3) is 0.333. The first-order valence-electron chi connectivity index (χ1n) is 6.37. The lowest BCUT2D eigenvalue weighted by Crippen LogP contribution is -2.30. The standard InChI is InChI=1S/C15H18N2O3/c1-3-4-5-6-9-16-15(20)17-13-8-7-11(2)10-12(13)14(18)19/h1,7-8,10H,4-6,9H2,2H3,(H,18,19)(H2,16,17,20). The monoisotopic (exact) mass is 274 g/mol. The highest BCUT2D eigenvalue weighted by Gasteiger charge is 2.12. The summed E-state index contributed by atoms with van der Waals surface area (Å²) >= 11 is 0. The third-order valence-electron chi connectivity index (χ3n) is 2.69. The third kappa shape index (κ3) is 5.02. The molecule has 5 heteroatoms. The van der Waals surface area contributed by atoms with E-state index in [9.17, 15) is 9.59 Å². The molecule has 0 radical (unpaired) electrons. The molecule has 3 N–H and O–H groups in total. The second-order valence-electron chi connectivity index (χ2n) is 4.40. The molecule has 0 saturated carbocycles. The van der Waals surface area contributed by atoms with Crippen LogP contribution in [-0.2, 0) is 0 Å². The van der Waals surface area contributed by atoms with Crippen LogP contribution in [0.2, 0.25) is 0 Å². The summed E-state index contributed by atoms with van der Waals surface area (Å²) in [5, 5.41) is 14.3. The van der Waals surface area contributed by atoms with E-state index in [0.29, 0.717) is 13.0 Å². The molecule has 0 bridgehead atoms. The number of hydrogen-bond donors (Lipinski definition) is 3. The van der Waals surface area contributed by atoms with Crippen LogP contribution in [0.25, 0.3) is 0 Å². The zero-order chi connectivity index (χ0) is 15.0. The highest BCUT2D eigenvalue weighted by atomic mass is 16.4. The third-order valence-corrected chi connectivity index (χ3v) is 2.69. The van der Waals surface area contributed by atoms with Crippen LogP contribution in [-0.4, -0.2) is 23.7 Å². The minimum absolute atomic E-state index is 0.0764. The number of benzene rings is 1. The van der Waals surface area contributed by atoms with Crippen LogP contribution < -0.4 is 10.6 Å². The maximum atomic E-state index is 11.6. The second-order valence-corrected chi connectivity index (χ2v) is 4.40. The highest BCUT2D eigenvalue weighted by Crippen LogP contribution is 2.17. The maximum Gasteiger partial charge on any atom is 0.337 e. The van der Waals surface area contributed by atoms with E-state index in [4.69, 9.17) is 11.5 Å². The summed E-state index contributed by atoms with van der Waals surface area (Å²) < 4.78 is 0. The first-order valence-corrected chi connectivity index (χ1v) is 6.37. The Hall–Kier alpha value is -2.48. The average molecular weight is 274 g/mol. The molecule has 2 amide bonds. The summed E-state index contributed by atoms with van der Waals surface area (Å²) in [5.41, 5.74) is 1.18. The van der Waals surface area contributed by atoms with Crippen molar-refractivity contribution < 1.29 is 14.7 Å². The summed E-state index contributed by atoms with van der Waals surface area (Å²) in [5.74, 6) is 1.46. The number of aromatic carboxylic acids is 1. The number of nitrogens with one attached hydrogen (secondary N) is 2. The topological polar surface area (TPSA) is 78.4 Å². The molecule has 1 aromatic carbocycles. The molecule has 1 rings (SSSR count). The number of carbonyl (C=O) groups excluding carboxylic acids is 1. The van der Waals surface area contributed by atoms with Crippen LogP contribution in [0.3, 0.4) is 0 Å². The van der Waals surface area contributed by atoms with Gasteiger partial charge in [-0.05, 0) is 31.9 Å². The molecule has 0 aliphatic heterocycles. The summed E-state index contributed by atoms with van der Waals surface area (Å²) in [6.45, 7) is 2.30. The van der Waals surface area contributed by atoms with Crippen LogP contribution >= 0.6 is 0 Å². The lowest BCUT2D eigenvalue weighted by Gasteiger charge is -2.10. The van der Waals surface area contributed by atoms with Crippen LogP contribution in [0.5, 0.6) is 0 Å². The van der Waals surface area contributed by atoms with Gasteiger partial charge in [0.1, 0.15) is 0 Å². The van der Waals surface area contributed by atoms with Gasteiger partial charge in [-0.1, -0.05) is 11.6 Å². The van der Waals surface area contributed by atoms with Gasteiger partial charge in [-0.15, -0.1) is 12.3 Å². The smallest absolute Gasteiger partial charge is 0.337 e. The lowest BCUT2D eigenvalue weighted by molar-refractivity contribution is 0.0698. The second kappa shape index (κ2) is 7.85. The molecular weight excluding hydrogens is 256 g/mol. The van der Waals surface area contributed by atoms with Crippen molar-refractivity contribution in [1.82, 2.24) is 5.32 Å². The number of hydrogen-bond acceptors (Lipinski definition) is 2. The van der Waals surface area contributed by atoms with Crippen molar-refractivity contribution in [3.63, 3.8) is 0 Å². The Labute approximate surface area is 118 Å². The van der Waals surface area contributed by atoms with E-state index >= 15 is 0 Å². The molecule has 0 atom stereocenters. The Morgan fingerprint density at radius 3 is 2.75 bits per heavy atom. The minimum atomic E-state index is -1.07. The number of terminal acetylenes is 1. The van der Waals surface area contributed by atoms with E-state index in [1.165, 1.54) is 6.07 Å². The van der Waals surface area contributed by atoms with E-state index in [2.05, 4.69) is 16.6 Å². The molecule has 1 aromatic rings. The van der Waals surface area contributed by atoms with Gasteiger partial charge in [0.2, 0.25) is 0 Å². The van der Waals surface area contributed by atoms with Gasteiger partial charge in [0.05, 0.1) is 11.3 Å². The molecule has 0 aliphatic rings. The van der Waals surface area contributed by atoms with Crippen molar-refractivity contribution in [2.75, 3.05) is 11.9 Å². The van der Waals surface area contributed by atoms with Crippen molar-refractivity contribution in [3.05, 3.63) is 29.3 Å². The predicted molar refractivity (Wildman–Crippen MR) is 77.8 cm³/mol. The average Bonchev–Trinajstić information content (AvgIpc) is 2.40. The Morgan fingerprint density at radius 2 is 2.10 bits per heavy atom. The normalized spacial score (nSPS) is 9.60. The van der Waals surface area contributed by atoms with Crippen molar-refractivity contribution in [1.29, 1.82) is 0 Å². The zero-order valence-electron chi connectivity index (χ0n) is 11.4. The van der Waals surface area contributed by atoms with Crippen molar-refractivity contribution in [3.8, 4) is 12.3 Å². The molecule has 0 fully saturated rings. The van der Waals surface area contributed by atoms with Crippen LogP contribution in [0, 0.1) is 19.3 Å². The van der Waals surface area contributed by atoms with Crippen molar-refractivity contribution >= 4 is 17.7 Å². The molecule has 20 heavy (non-hydrogen) atoms. The van der Waals surface area contributed by atoms with E-state index < -0.39 is 12.0 Å². The van der Waals surface area contributed by atoms with Gasteiger partial charge < -0.3 is 15.7 Å². The SMILES string of the molecule is C#CCCCCNC(=O)Nc1ccc(C)cc1C(=O)O. The number of carboxylic acid groups (broad SMARTS) is 1. The Bertz CT molecular complexity index is 532. The van der Waals surface area contributed by atoms with E-state index in [-0.39, 0.29) is 11.3 Å². The van der Waals surface area contributed by atoms with Gasteiger partial charge in [-0.2, -0.15) is 0 Å². The van der Waals surface area contributed by atoms with Gasteiger partial charge >= 0.3 is 12.0 Å². The molecule has 0 saturated heterocycles. The molecule has 106 valence electrons. The quantitative estimate of drug-likeness (QED) is 0.551. The molecular formula is C15H18N2O3. The van der Waals surface area contributed by atoms with E-state index in [1.54, 1.807) is 19.1 Å². The number of carboxylic acids is 1. The molecule has 5 nitrogen and oxygen atoms in total. The number of unbranched alkanes of at least 4 members (excludes halogenated alkanes) is 2. The molecule has 0 aromatic heterocycles. The number of amides is 2. The lowest BCUT2D eigenvalue weighted by atomic mass is 10.1. The van der Waals surface area contributed by atoms with Crippen LogP contribution in [0.4, 0.5) is 10.5 Å². The molecule has 0 spiro atoms. The Balaban J connectivity index is 2.54. The Morgan fingerprint density at radius 1 is 1.35 bits per heavy atom. The summed E-state index contributed by atoms with van der Waals surface area (Å²) in [6.07, 6.45) is 7.45. The summed E-state index contributed by atoms with van der Waals surface area (Å²) in [4.78, 5) is 22.7. The summed E-state index contributed by atoms with van der Waals surface area (Å²) in [7, 11) is 0.